The highest BCUT2D eigenvalue weighted by Crippen LogP contribution is 2.20. The molecule has 0 radical (unpaired) electrons. The van der Waals surface area contributed by atoms with Crippen molar-refractivity contribution in [1.29, 1.82) is 0 Å². The highest BCUT2D eigenvalue weighted by molar-refractivity contribution is 6.30. The van der Waals surface area contributed by atoms with Crippen LogP contribution in [-0.2, 0) is 0 Å². The number of piperidine rings is 1. The van der Waals surface area contributed by atoms with Gasteiger partial charge in [0.05, 0.1) is 6.61 Å². The maximum absolute atomic E-state index is 5.86. The molecule has 0 aromatic heterocycles. The number of nitrogens with one attached hydrogen (secondary N) is 1. The van der Waals surface area contributed by atoms with Crippen LogP contribution < -0.4 is 10.1 Å². The number of nitrogens with zero attached hydrogens (tertiary/aromatic N) is 1. The molecule has 1 N–H and O–H groups in total. The van der Waals surface area contributed by atoms with Crippen LogP contribution >= 0.6 is 36.4 Å². The first-order valence-electron chi connectivity index (χ1n) is 7.40. The van der Waals surface area contributed by atoms with Gasteiger partial charge in [-0.15, -0.1) is 24.8 Å². The zero-order valence-corrected chi connectivity index (χ0v) is 15.6. The Bertz CT molecular complexity index is 401. The summed E-state index contributed by atoms with van der Waals surface area (Å²) in [5, 5.41) is 4.35. The lowest BCUT2D eigenvalue weighted by atomic mass is 9.91. The fraction of sp³-hybridized carbons (Fsp3) is 0.625. The molecule has 6 heteroatoms. The Morgan fingerprint density at radius 1 is 1.23 bits per heavy atom. The van der Waals surface area contributed by atoms with Gasteiger partial charge in [-0.3, -0.25) is 0 Å². The molecule has 2 atom stereocenters. The standard InChI is InChI=1S/C16H25ClN2O.2ClH/c1-19(2)12-13-7-9-18-15(11-13)8-10-20-16-5-3-14(17)4-6-16;;/h3-6,13,15,18H,7-12H2,1-2H3;2*1H. The third-order valence-corrected chi connectivity index (χ3v) is 4.03. The molecule has 0 spiro atoms. The van der Waals surface area contributed by atoms with Crippen LogP contribution in [0.25, 0.3) is 0 Å². The number of ether oxygens (including phenoxy) is 1. The Labute approximate surface area is 151 Å². The lowest BCUT2D eigenvalue weighted by Gasteiger charge is -2.32. The molecular formula is C16H27Cl3N2O. The second-order valence-electron chi connectivity index (χ2n) is 5.89. The second kappa shape index (κ2) is 11.4. The van der Waals surface area contributed by atoms with E-state index in [2.05, 4.69) is 24.3 Å². The summed E-state index contributed by atoms with van der Waals surface area (Å²) in [5.74, 6) is 1.71. The van der Waals surface area contributed by atoms with Gasteiger partial charge in [-0.05, 0) is 70.1 Å². The Morgan fingerprint density at radius 3 is 2.55 bits per heavy atom. The van der Waals surface area contributed by atoms with Crippen molar-refractivity contribution < 1.29 is 4.74 Å². The average Bonchev–Trinajstić information content (AvgIpc) is 2.41. The van der Waals surface area contributed by atoms with Gasteiger partial charge in [0.15, 0.2) is 0 Å². The third-order valence-electron chi connectivity index (χ3n) is 3.78. The minimum atomic E-state index is 0. The molecule has 0 amide bonds. The van der Waals surface area contributed by atoms with Crippen molar-refractivity contribution in [3.63, 3.8) is 0 Å². The quantitative estimate of drug-likeness (QED) is 0.823. The van der Waals surface area contributed by atoms with Gasteiger partial charge in [0.2, 0.25) is 0 Å². The summed E-state index contributed by atoms with van der Waals surface area (Å²) in [6.45, 7) is 3.08. The van der Waals surface area contributed by atoms with Crippen molar-refractivity contribution in [3.05, 3.63) is 29.3 Å². The molecule has 1 heterocycles. The summed E-state index contributed by atoms with van der Waals surface area (Å²) in [6, 6.07) is 8.16. The van der Waals surface area contributed by atoms with Crippen LogP contribution in [0.2, 0.25) is 5.02 Å². The maximum Gasteiger partial charge on any atom is 0.119 e. The minimum Gasteiger partial charge on any atom is -0.494 e. The Balaban J connectivity index is 0.00000220. The lowest BCUT2D eigenvalue weighted by Crippen LogP contribution is -2.41. The second-order valence-corrected chi connectivity index (χ2v) is 6.33. The maximum atomic E-state index is 5.86. The molecule has 1 fully saturated rings. The summed E-state index contributed by atoms with van der Waals surface area (Å²) in [6.07, 6.45) is 3.60. The molecule has 1 aliphatic rings. The normalized spacial score (nSPS) is 20.9. The first-order chi connectivity index (χ1) is 9.63. The van der Waals surface area contributed by atoms with Gasteiger partial charge in [0.1, 0.15) is 5.75 Å². The fourth-order valence-electron chi connectivity index (χ4n) is 2.85. The van der Waals surface area contributed by atoms with Crippen LogP contribution in [0.1, 0.15) is 19.3 Å². The predicted octanol–water partition coefficient (Wildman–Crippen LogP) is 3.88. The Morgan fingerprint density at radius 2 is 1.91 bits per heavy atom. The average molecular weight is 370 g/mol. The van der Waals surface area contributed by atoms with Crippen molar-refractivity contribution in [2.45, 2.75) is 25.3 Å². The van der Waals surface area contributed by atoms with Gasteiger partial charge >= 0.3 is 0 Å². The van der Waals surface area contributed by atoms with E-state index in [1.807, 2.05) is 24.3 Å². The van der Waals surface area contributed by atoms with Gasteiger partial charge in [0.25, 0.3) is 0 Å². The van der Waals surface area contributed by atoms with E-state index in [1.165, 1.54) is 19.4 Å². The van der Waals surface area contributed by atoms with Crippen LogP contribution in [0.5, 0.6) is 5.75 Å². The van der Waals surface area contributed by atoms with Crippen LogP contribution in [0.4, 0.5) is 0 Å². The Kier molecular flexibility index (Phi) is 11.3. The summed E-state index contributed by atoms with van der Waals surface area (Å²) in [4.78, 5) is 2.29. The molecule has 0 bridgehead atoms. The van der Waals surface area contributed by atoms with E-state index in [1.54, 1.807) is 0 Å². The first-order valence-corrected chi connectivity index (χ1v) is 7.78. The highest BCUT2D eigenvalue weighted by Gasteiger charge is 2.21. The van der Waals surface area contributed by atoms with E-state index in [0.29, 0.717) is 6.04 Å². The smallest absolute Gasteiger partial charge is 0.119 e. The zero-order valence-electron chi connectivity index (χ0n) is 13.3. The first kappa shape index (κ1) is 21.8. The molecule has 3 nitrogen and oxygen atoms in total. The summed E-state index contributed by atoms with van der Waals surface area (Å²) in [5.41, 5.74) is 0. The van der Waals surface area contributed by atoms with Gasteiger partial charge in [0, 0.05) is 17.6 Å². The van der Waals surface area contributed by atoms with E-state index in [4.69, 9.17) is 16.3 Å². The SMILES string of the molecule is CN(C)CC1CCNC(CCOc2ccc(Cl)cc2)C1.Cl.Cl. The number of benzene rings is 1. The van der Waals surface area contributed by atoms with Crippen LogP contribution in [-0.4, -0.2) is 44.7 Å². The topological polar surface area (TPSA) is 24.5 Å². The van der Waals surface area contributed by atoms with E-state index >= 15 is 0 Å². The summed E-state index contributed by atoms with van der Waals surface area (Å²) in [7, 11) is 4.31. The van der Waals surface area contributed by atoms with Crippen LogP contribution in [0.3, 0.4) is 0 Å². The van der Waals surface area contributed by atoms with Gasteiger partial charge in [-0.1, -0.05) is 11.6 Å². The molecule has 128 valence electrons. The molecule has 1 saturated heterocycles. The molecule has 2 unspecified atom stereocenters. The Hall–Kier alpha value is -0.190. The molecular weight excluding hydrogens is 343 g/mol. The van der Waals surface area contributed by atoms with Crippen molar-refractivity contribution in [2.75, 3.05) is 33.8 Å². The molecule has 0 aliphatic carbocycles. The number of rotatable bonds is 6. The van der Waals surface area contributed by atoms with Gasteiger partial charge < -0.3 is 15.0 Å². The number of halogens is 3. The molecule has 1 aliphatic heterocycles. The molecule has 1 aromatic carbocycles. The van der Waals surface area contributed by atoms with Gasteiger partial charge in [-0.25, -0.2) is 0 Å². The van der Waals surface area contributed by atoms with Crippen molar-refractivity contribution in [3.8, 4) is 5.75 Å². The van der Waals surface area contributed by atoms with E-state index in [-0.39, 0.29) is 24.8 Å². The predicted molar refractivity (Wildman–Crippen MR) is 99.1 cm³/mol. The number of hydrogen-bond donors (Lipinski definition) is 1. The van der Waals surface area contributed by atoms with Crippen LogP contribution in [0.15, 0.2) is 24.3 Å². The minimum absolute atomic E-state index is 0. The third kappa shape index (κ3) is 7.89. The molecule has 0 saturated carbocycles. The van der Waals surface area contributed by atoms with Crippen LogP contribution in [0, 0.1) is 5.92 Å². The van der Waals surface area contributed by atoms with Crippen molar-refractivity contribution in [1.82, 2.24) is 10.2 Å². The fourth-order valence-corrected chi connectivity index (χ4v) is 2.97. The number of hydrogen-bond acceptors (Lipinski definition) is 3. The van der Waals surface area contributed by atoms with E-state index in [9.17, 15) is 0 Å². The monoisotopic (exact) mass is 368 g/mol. The van der Waals surface area contributed by atoms with E-state index < -0.39 is 0 Å². The summed E-state index contributed by atoms with van der Waals surface area (Å²) < 4.78 is 5.77. The molecule has 2 rings (SSSR count). The highest BCUT2D eigenvalue weighted by atomic mass is 35.5. The summed E-state index contributed by atoms with van der Waals surface area (Å²) >= 11 is 5.86. The zero-order chi connectivity index (χ0) is 14.4. The lowest BCUT2D eigenvalue weighted by molar-refractivity contribution is 0.210. The largest absolute Gasteiger partial charge is 0.494 e. The van der Waals surface area contributed by atoms with E-state index in [0.717, 1.165) is 36.3 Å². The van der Waals surface area contributed by atoms with Gasteiger partial charge in [-0.2, -0.15) is 0 Å². The van der Waals surface area contributed by atoms with Crippen molar-refractivity contribution in [2.24, 2.45) is 5.92 Å². The molecule has 22 heavy (non-hydrogen) atoms. The van der Waals surface area contributed by atoms with Crippen molar-refractivity contribution >= 4 is 36.4 Å². The molecule has 1 aromatic rings.